The van der Waals surface area contributed by atoms with E-state index in [1.807, 2.05) is 0 Å². The number of aromatic nitrogens is 3. The van der Waals surface area contributed by atoms with Gasteiger partial charge in [-0.05, 0) is 52.9 Å². The molecule has 0 bridgehead atoms. The Hall–Kier alpha value is -1.65. The van der Waals surface area contributed by atoms with E-state index in [4.69, 9.17) is 0 Å². The minimum atomic E-state index is -0.0623. The molecule has 1 aliphatic rings. The van der Waals surface area contributed by atoms with E-state index in [2.05, 4.69) is 52.7 Å². The van der Waals surface area contributed by atoms with Gasteiger partial charge in [0.15, 0.2) is 5.82 Å². The van der Waals surface area contributed by atoms with Gasteiger partial charge in [0, 0.05) is 12.1 Å². The first-order valence-corrected chi connectivity index (χ1v) is 7.43. The monoisotopic (exact) mass is 275 g/mol. The van der Waals surface area contributed by atoms with Crippen molar-refractivity contribution in [1.82, 2.24) is 15.2 Å². The summed E-state index contributed by atoms with van der Waals surface area (Å²) in [4.78, 5) is 4.43. The average Bonchev–Trinajstić information content (AvgIpc) is 2.38. The van der Waals surface area contributed by atoms with Crippen LogP contribution in [0.1, 0.15) is 52.9 Å². The number of anilines is 2. The van der Waals surface area contributed by atoms with Crippen molar-refractivity contribution in [2.24, 2.45) is 0 Å². The van der Waals surface area contributed by atoms with E-state index in [-0.39, 0.29) is 5.54 Å². The molecule has 0 amide bonds. The molecular formula is C15H25N5. The van der Waals surface area contributed by atoms with Crippen LogP contribution in [0, 0.1) is 0 Å². The van der Waals surface area contributed by atoms with E-state index < -0.39 is 0 Å². The van der Waals surface area contributed by atoms with Gasteiger partial charge >= 0.3 is 0 Å². The minimum Gasteiger partial charge on any atom is -0.368 e. The first-order chi connectivity index (χ1) is 9.53. The molecule has 1 aliphatic carbocycles. The lowest BCUT2D eigenvalue weighted by Gasteiger charge is -2.20. The van der Waals surface area contributed by atoms with E-state index in [1.165, 1.54) is 25.7 Å². The van der Waals surface area contributed by atoms with Gasteiger partial charge in [-0.2, -0.15) is 10.1 Å². The van der Waals surface area contributed by atoms with Gasteiger partial charge in [0.2, 0.25) is 5.95 Å². The summed E-state index contributed by atoms with van der Waals surface area (Å²) in [5, 5.41) is 14.5. The van der Waals surface area contributed by atoms with Crippen molar-refractivity contribution < 1.29 is 0 Å². The van der Waals surface area contributed by atoms with E-state index in [0.717, 1.165) is 18.8 Å². The highest BCUT2D eigenvalue weighted by Crippen LogP contribution is 2.20. The number of nitrogens with zero attached hydrogens (tertiary/aromatic N) is 3. The Kier molecular flexibility index (Phi) is 4.93. The maximum Gasteiger partial charge on any atom is 0.245 e. The third-order valence-electron chi connectivity index (χ3n) is 3.18. The fourth-order valence-electron chi connectivity index (χ4n) is 2.26. The van der Waals surface area contributed by atoms with Crippen LogP contribution in [0.3, 0.4) is 0 Å². The second-order valence-corrected chi connectivity index (χ2v) is 6.33. The molecule has 5 heteroatoms. The van der Waals surface area contributed by atoms with Crippen LogP contribution in [0.2, 0.25) is 0 Å². The Morgan fingerprint density at radius 2 is 2.10 bits per heavy atom. The molecule has 0 unspecified atom stereocenters. The van der Waals surface area contributed by atoms with Crippen molar-refractivity contribution in [2.75, 3.05) is 17.2 Å². The smallest absolute Gasteiger partial charge is 0.245 e. The zero-order valence-corrected chi connectivity index (χ0v) is 12.7. The van der Waals surface area contributed by atoms with Crippen LogP contribution in [-0.4, -0.2) is 27.3 Å². The van der Waals surface area contributed by atoms with Gasteiger partial charge in [0.25, 0.3) is 0 Å². The second kappa shape index (κ2) is 6.68. The van der Waals surface area contributed by atoms with Gasteiger partial charge in [0.05, 0.1) is 6.20 Å². The molecule has 0 fully saturated rings. The fraction of sp³-hybridized carbons (Fsp3) is 0.667. The van der Waals surface area contributed by atoms with Gasteiger partial charge in [-0.25, -0.2) is 0 Å². The van der Waals surface area contributed by atoms with E-state index in [0.29, 0.717) is 5.95 Å². The van der Waals surface area contributed by atoms with Gasteiger partial charge in [-0.15, -0.1) is 5.10 Å². The zero-order chi connectivity index (χ0) is 14.4. The summed E-state index contributed by atoms with van der Waals surface area (Å²) in [5.41, 5.74) is 1.51. The molecule has 1 aromatic heterocycles. The first kappa shape index (κ1) is 14.8. The first-order valence-electron chi connectivity index (χ1n) is 7.43. The Bertz CT molecular complexity index is 462. The largest absolute Gasteiger partial charge is 0.368 e. The molecule has 110 valence electrons. The normalized spacial score (nSPS) is 15.7. The van der Waals surface area contributed by atoms with Crippen molar-refractivity contribution in [3.05, 3.63) is 17.8 Å². The number of rotatable bonds is 5. The van der Waals surface area contributed by atoms with Crippen molar-refractivity contribution in [2.45, 2.75) is 58.4 Å². The van der Waals surface area contributed by atoms with Crippen LogP contribution >= 0.6 is 0 Å². The number of hydrogen-bond acceptors (Lipinski definition) is 5. The van der Waals surface area contributed by atoms with Crippen molar-refractivity contribution >= 4 is 11.8 Å². The Balaban J connectivity index is 1.83. The summed E-state index contributed by atoms with van der Waals surface area (Å²) in [5.74, 6) is 1.35. The highest BCUT2D eigenvalue weighted by molar-refractivity contribution is 5.38. The van der Waals surface area contributed by atoms with Crippen molar-refractivity contribution in [1.29, 1.82) is 0 Å². The predicted octanol–water partition coefficient (Wildman–Crippen LogP) is 3.38. The lowest BCUT2D eigenvalue weighted by atomic mass is 9.97. The Morgan fingerprint density at radius 3 is 2.80 bits per heavy atom. The SMILES string of the molecule is CC(C)(C)Nc1nncc(NCCC2=CCCCC2)n1. The molecule has 0 aliphatic heterocycles. The lowest BCUT2D eigenvalue weighted by molar-refractivity contribution is 0.623. The fourth-order valence-corrected chi connectivity index (χ4v) is 2.26. The molecule has 1 heterocycles. The summed E-state index contributed by atoms with van der Waals surface area (Å²) in [7, 11) is 0. The summed E-state index contributed by atoms with van der Waals surface area (Å²) in [6.45, 7) is 7.13. The van der Waals surface area contributed by atoms with Crippen LogP contribution in [0.25, 0.3) is 0 Å². The Labute approximate surface area is 121 Å². The molecule has 0 radical (unpaired) electrons. The quantitative estimate of drug-likeness (QED) is 0.807. The molecule has 1 aromatic rings. The minimum absolute atomic E-state index is 0.0623. The second-order valence-electron chi connectivity index (χ2n) is 6.33. The summed E-state index contributed by atoms with van der Waals surface area (Å²) in [6.07, 6.45) is 10.3. The predicted molar refractivity (Wildman–Crippen MR) is 82.9 cm³/mol. The van der Waals surface area contributed by atoms with Gasteiger partial charge in [-0.3, -0.25) is 0 Å². The molecule has 2 N–H and O–H groups in total. The highest BCUT2D eigenvalue weighted by Gasteiger charge is 2.11. The molecular weight excluding hydrogens is 250 g/mol. The molecule has 20 heavy (non-hydrogen) atoms. The van der Waals surface area contributed by atoms with Gasteiger partial charge in [-0.1, -0.05) is 11.6 Å². The average molecular weight is 275 g/mol. The standard InChI is InChI=1S/C15H25N5/c1-15(2,3)19-14-18-13(11-17-20-14)16-10-9-12-7-5-4-6-8-12/h7,11H,4-6,8-10H2,1-3H3,(H2,16,18,19,20). The third kappa shape index (κ3) is 5.15. The topological polar surface area (TPSA) is 62.7 Å². The van der Waals surface area contributed by atoms with Crippen LogP contribution in [-0.2, 0) is 0 Å². The molecule has 0 saturated carbocycles. The van der Waals surface area contributed by atoms with Crippen LogP contribution in [0.15, 0.2) is 17.8 Å². The number of allylic oxidation sites excluding steroid dienone is 1. The maximum absolute atomic E-state index is 4.43. The van der Waals surface area contributed by atoms with Gasteiger partial charge < -0.3 is 10.6 Å². The molecule has 0 spiro atoms. The Morgan fingerprint density at radius 1 is 1.25 bits per heavy atom. The molecule has 0 atom stereocenters. The highest BCUT2D eigenvalue weighted by atomic mass is 15.3. The molecule has 0 saturated heterocycles. The summed E-state index contributed by atoms with van der Waals surface area (Å²) in [6, 6.07) is 0. The van der Waals surface area contributed by atoms with Crippen molar-refractivity contribution in [3.63, 3.8) is 0 Å². The van der Waals surface area contributed by atoms with E-state index in [9.17, 15) is 0 Å². The number of nitrogens with one attached hydrogen (secondary N) is 2. The van der Waals surface area contributed by atoms with Crippen LogP contribution in [0.4, 0.5) is 11.8 Å². The van der Waals surface area contributed by atoms with Crippen LogP contribution in [0.5, 0.6) is 0 Å². The third-order valence-corrected chi connectivity index (χ3v) is 3.18. The van der Waals surface area contributed by atoms with E-state index >= 15 is 0 Å². The zero-order valence-electron chi connectivity index (χ0n) is 12.7. The van der Waals surface area contributed by atoms with Gasteiger partial charge in [0.1, 0.15) is 0 Å². The molecule has 2 rings (SSSR count). The van der Waals surface area contributed by atoms with Crippen molar-refractivity contribution in [3.8, 4) is 0 Å². The lowest BCUT2D eigenvalue weighted by Crippen LogP contribution is -2.27. The molecule has 5 nitrogen and oxygen atoms in total. The number of hydrogen-bond donors (Lipinski definition) is 2. The van der Waals surface area contributed by atoms with E-state index in [1.54, 1.807) is 11.8 Å². The van der Waals surface area contributed by atoms with Crippen LogP contribution < -0.4 is 10.6 Å². The summed E-state index contributed by atoms with van der Waals surface area (Å²) < 4.78 is 0. The maximum atomic E-state index is 4.43. The molecule has 0 aromatic carbocycles. The summed E-state index contributed by atoms with van der Waals surface area (Å²) >= 11 is 0.